The quantitative estimate of drug-likeness (QED) is 0.865. The van der Waals surface area contributed by atoms with Gasteiger partial charge in [-0.2, -0.15) is 0 Å². The lowest BCUT2D eigenvalue weighted by Crippen LogP contribution is -2.03. The van der Waals surface area contributed by atoms with Gasteiger partial charge in [0.05, 0.1) is 12.3 Å². The van der Waals surface area contributed by atoms with Crippen molar-refractivity contribution in [1.29, 1.82) is 0 Å². The van der Waals surface area contributed by atoms with Crippen molar-refractivity contribution in [3.63, 3.8) is 0 Å². The van der Waals surface area contributed by atoms with E-state index in [1.807, 2.05) is 43.3 Å². The van der Waals surface area contributed by atoms with E-state index in [0.717, 1.165) is 22.8 Å². The maximum atomic E-state index is 5.78. The summed E-state index contributed by atoms with van der Waals surface area (Å²) in [6.07, 6.45) is 1.75. The third kappa shape index (κ3) is 3.69. The molecule has 4 nitrogen and oxygen atoms in total. The van der Waals surface area contributed by atoms with Gasteiger partial charge in [0.1, 0.15) is 6.61 Å². The van der Waals surface area contributed by atoms with Gasteiger partial charge in [-0.3, -0.25) is 4.98 Å². The molecular formula is C15H18N2O2. The van der Waals surface area contributed by atoms with Crippen molar-refractivity contribution >= 4 is 0 Å². The van der Waals surface area contributed by atoms with Gasteiger partial charge in [-0.15, -0.1) is 0 Å². The number of benzene rings is 1. The molecule has 0 saturated heterocycles. The van der Waals surface area contributed by atoms with Crippen LogP contribution in [0.15, 0.2) is 42.6 Å². The SMILES string of the molecule is CCOc1ccccc1OCc1ccnc(CN)c1. The third-order valence-corrected chi connectivity index (χ3v) is 2.63. The van der Waals surface area contributed by atoms with Gasteiger partial charge in [0.25, 0.3) is 0 Å². The number of para-hydroxylation sites is 2. The molecule has 2 aromatic rings. The fourth-order valence-corrected chi connectivity index (χ4v) is 1.73. The molecular weight excluding hydrogens is 240 g/mol. The van der Waals surface area contributed by atoms with Crippen LogP contribution in [0.2, 0.25) is 0 Å². The third-order valence-electron chi connectivity index (χ3n) is 2.63. The van der Waals surface area contributed by atoms with Gasteiger partial charge in [-0.1, -0.05) is 12.1 Å². The van der Waals surface area contributed by atoms with Crippen molar-refractivity contribution in [2.24, 2.45) is 5.73 Å². The second kappa shape index (κ2) is 6.75. The number of aromatic nitrogens is 1. The fraction of sp³-hybridized carbons (Fsp3) is 0.267. The Kier molecular flexibility index (Phi) is 4.75. The van der Waals surface area contributed by atoms with Crippen molar-refractivity contribution in [1.82, 2.24) is 4.98 Å². The minimum Gasteiger partial charge on any atom is -0.490 e. The molecule has 0 spiro atoms. The van der Waals surface area contributed by atoms with Gasteiger partial charge < -0.3 is 15.2 Å². The molecule has 0 bridgehead atoms. The lowest BCUT2D eigenvalue weighted by molar-refractivity contribution is 0.269. The number of rotatable bonds is 6. The molecule has 0 radical (unpaired) electrons. The van der Waals surface area contributed by atoms with Gasteiger partial charge in [-0.05, 0) is 36.8 Å². The molecule has 2 rings (SSSR count). The lowest BCUT2D eigenvalue weighted by atomic mass is 10.2. The van der Waals surface area contributed by atoms with Crippen molar-refractivity contribution in [2.45, 2.75) is 20.1 Å². The summed E-state index contributed by atoms with van der Waals surface area (Å²) in [5.74, 6) is 1.51. The molecule has 0 amide bonds. The zero-order valence-corrected chi connectivity index (χ0v) is 11.0. The summed E-state index contributed by atoms with van der Waals surface area (Å²) in [5, 5.41) is 0. The van der Waals surface area contributed by atoms with Crippen LogP contribution in [0, 0.1) is 0 Å². The average molecular weight is 258 g/mol. The second-order valence-corrected chi connectivity index (χ2v) is 4.03. The highest BCUT2D eigenvalue weighted by Crippen LogP contribution is 2.27. The summed E-state index contributed by atoms with van der Waals surface area (Å²) >= 11 is 0. The van der Waals surface area contributed by atoms with Gasteiger partial charge in [0, 0.05) is 12.7 Å². The number of hydrogen-bond donors (Lipinski definition) is 1. The molecule has 0 aliphatic carbocycles. The van der Waals surface area contributed by atoms with E-state index in [9.17, 15) is 0 Å². The van der Waals surface area contributed by atoms with E-state index in [2.05, 4.69) is 4.98 Å². The smallest absolute Gasteiger partial charge is 0.161 e. The van der Waals surface area contributed by atoms with Crippen LogP contribution in [0.3, 0.4) is 0 Å². The highest BCUT2D eigenvalue weighted by molar-refractivity contribution is 5.39. The van der Waals surface area contributed by atoms with Crippen LogP contribution in [-0.2, 0) is 13.2 Å². The first-order chi connectivity index (χ1) is 9.33. The largest absolute Gasteiger partial charge is 0.490 e. The van der Waals surface area contributed by atoms with Crippen molar-refractivity contribution in [3.8, 4) is 11.5 Å². The summed E-state index contributed by atoms with van der Waals surface area (Å²) < 4.78 is 11.3. The number of hydrogen-bond acceptors (Lipinski definition) is 4. The van der Waals surface area contributed by atoms with E-state index in [0.29, 0.717) is 19.8 Å². The van der Waals surface area contributed by atoms with Crippen LogP contribution < -0.4 is 15.2 Å². The zero-order valence-electron chi connectivity index (χ0n) is 11.0. The molecule has 100 valence electrons. The standard InChI is InChI=1S/C15H18N2O2/c1-2-18-14-5-3-4-6-15(14)19-11-12-7-8-17-13(9-12)10-16/h3-9H,2,10-11,16H2,1H3. The number of pyridine rings is 1. The van der Waals surface area contributed by atoms with E-state index in [4.69, 9.17) is 15.2 Å². The van der Waals surface area contributed by atoms with Crippen LogP contribution in [0.1, 0.15) is 18.2 Å². The van der Waals surface area contributed by atoms with Crippen molar-refractivity contribution < 1.29 is 9.47 Å². The molecule has 1 aromatic heterocycles. The molecule has 0 saturated carbocycles. The Hall–Kier alpha value is -2.07. The zero-order chi connectivity index (χ0) is 13.5. The second-order valence-electron chi connectivity index (χ2n) is 4.03. The predicted molar refractivity (Wildman–Crippen MR) is 74.1 cm³/mol. The van der Waals surface area contributed by atoms with E-state index in [1.165, 1.54) is 0 Å². The Morgan fingerprint density at radius 1 is 1.11 bits per heavy atom. The van der Waals surface area contributed by atoms with Crippen molar-refractivity contribution in [3.05, 3.63) is 53.9 Å². The summed E-state index contributed by atoms with van der Waals surface area (Å²) in [4.78, 5) is 4.15. The first-order valence-corrected chi connectivity index (χ1v) is 6.32. The van der Waals surface area contributed by atoms with Gasteiger partial charge in [0.15, 0.2) is 11.5 Å². The highest BCUT2D eigenvalue weighted by atomic mass is 16.5. The van der Waals surface area contributed by atoms with E-state index < -0.39 is 0 Å². The highest BCUT2D eigenvalue weighted by Gasteiger charge is 2.04. The summed E-state index contributed by atoms with van der Waals surface area (Å²) in [5.41, 5.74) is 7.47. The van der Waals surface area contributed by atoms with E-state index >= 15 is 0 Å². The van der Waals surface area contributed by atoms with Crippen LogP contribution in [-0.4, -0.2) is 11.6 Å². The van der Waals surface area contributed by atoms with Crippen LogP contribution >= 0.6 is 0 Å². The van der Waals surface area contributed by atoms with Crippen molar-refractivity contribution in [2.75, 3.05) is 6.61 Å². The number of ether oxygens (including phenoxy) is 2. The Balaban J connectivity index is 2.05. The molecule has 0 aliphatic rings. The number of nitrogens with two attached hydrogens (primary N) is 1. The summed E-state index contributed by atoms with van der Waals surface area (Å²) in [7, 11) is 0. The Bertz CT molecular complexity index is 529. The molecule has 0 fully saturated rings. The Morgan fingerprint density at radius 3 is 2.53 bits per heavy atom. The van der Waals surface area contributed by atoms with Gasteiger partial charge >= 0.3 is 0 Å². The summed E-state index contributed by atoms with van der Waals surface area (Å²) in [6.45, 7) is 3.48. The first kappa shape index (κ1) is 13.4. The molecule has 19 heavy (non-hydrogen) atoms. The maximum absolute atomic E-state index is 5.78. The normalized spacial score (nSPS) is 10.2. The van der Waals surface area contributed by atoms with E-state index in [-0.39, 0.29) is 0 Å². The molecule has 1 aromatic carbocycles. The topological polar surface area (TPSA) is 57.4 Å². The molecule has 0 unspecified atom stereocenters. The minimum absolute atomic E-state index is 0.434. The van der Waals surface area contributed by atoms with E-state index in [1.54, 1.807) is 6.20 Å². The summed E-state index contributed by atoms with van der Waals surface area (Å²) in [6, 6.07) is 11.5. The maximum Gasteiger partial charge on any atom is 0.161 e. The number of nitrogens with zero attached hydrogens (tertiary/aromatic N) is 1. The monoisotopic (exact) mass is 258 g/mol. The molecule has 2 N–H and O–H groups in total. The van der Waals surface area contributed by atoms with Crippen LogP contribution in [0.25, 0.3) is 0 Å². The first-order valence-electron chi connectivity index (χ1n) is 6.32. The molecule has 4 heteroatoms. The van der Waals surface area contributed by atoms with Crippen LogP contribution in [0.5, 0.6) is 11.5 Å². The Labute approximate surface area is 113 Å². The predicted octanol–water partition coefficient (Wildman–Crippen LogP) is 2.52. The van der Waals surface area contributed by atoms with Crippen LogP contribution in [0.4, 0.5) is 0 Å². The Morgan fingerprint density at radius 2 is 1.84 bits per heavy atom. The van der Waals surface area contributed by atoms with Gasteiger partial charge in [-0.25, -0.2) is 0 Å². The fourth-order valence-electron chi connectivity index (χ4n) is 1.73. The average Bonchev–Trinajstić information content (AvgIpc) is 2.47. The van der Waals surface area contributed by atoms with Gasteiger partial charge in [0.2, 0.25) is 0 Å². The minimum atomic E-state index is 0.434. The lowest BCUT2D eigenvalue weighted by Gasteiger charge is -2.11. The molecule has 1 heterocycles. The molecule has 0 aliphatic heterocycles. The molecule has 0 atom stereocenters.